The first kappa shape index (κ1) is 17.7. The smallest absolute Gasteiger partial charge is 0.172 e. The van der Waals surface area contributed by atoms with E-state index in [1.165, 1.54) is 30.6 Å². The van der Waals surface area contributed by atoms with E-state index in [-0.39, 0.29) is 0 Å². The van der Waals surface area contributed by atoms with Gasteiger partial charge in [-0.3, -0.25) is 0 Å². The van der Waals surface area contributed by atoms with Gasteiger partial charge in [0.2, 0.25) is 0 Å². The molecule has 0 spiro atoms. The van der Waals surface area contributed by atoms with Crippen LogP contribution in [0.25, 0.3) is 0 Å². The third-order valence-electron chi connectivity index (χ3n) is 4.57. The zero-order valence-corrected chi connectivity index (χ0v) is 15.8. The van der Waals surface area contributed by atoms with Gasteiger partial charge in [-0.05, 0) is 73.3 Å². The van der Waals surface area contributed by atoms with Gasteiger partial charge in [0.25, 0.3) is 0 Å². The van der Waals surface area contributed by atoms with E-state index >= 15 is 0 Å². The van der Waals surface area contributed by atoms with Crippen molar-refractivity contribution in [3.8, 4) is 0 Å². The highest BCUT2D eigenvalue weighted by molar-refractivity contribution is 7.80. The summed E-state index contributed by atoms with van der Waals surface area (Å²) in [4.78, 5) is 6.75. The summed E-state index contributed by atoms with van der Waals surface area (Å²) >= 11 is 5.35. The normalized spacial score (nSPS) is 17.2. The zero-order chi connectivity index (χ0) is 17.6. The Bertz CT molecular complexity index is 714. The standard InChI is InChI=1S/C20H26N4S/c1-15-9-10-21-19(12-15)23-20(25)22-13-17-5-7-18(8-6-17)24-11-3-4-16(2)14-24/h5-10,12,16H,3-4,11,13-14H2,1-2H3,(H2,21,22,23,25)/t16-/m1/s1. The Morgan fingerprint density at radius 2 is 2.08 bits per heavy atom. The minimum atomic E-state index is 0.590. The third-order valence-corrected chi connectivity index (χ3v) is 4.82. The SMILES string of the molecule is Cc1ccnc(NC(=S)NCc2ccc(N3CCC[C@@H](C)C3)cc2)c1. The van der Waals surface area contributed by atoms with Crippen molar-refractivity contribution >= 4 is 28.8 Å². The molecule has 2 heterocycles. The second-order valence-electron chi connectivity index (χ2n) is 6.89. The Balaban J connectivity index is 1.50. The number of piperidine rings is 1. The van der Waals surface area contributed by atoms with Gasteiger partial charge >= 0.3 is 0 Å². The van der Waals surface area contributed by atoms with Crippen LogP contribution < -0.4 is 15.5 Å². The molecule has 2 aromatic rings. The molecule has 1 aliphatic rings. The van der Waals surface area contributed by atoms with Crippen molar-refractivity contribution in [1.82, 2.24) is 10.3 Å². The molecule has 1 atom stereocenters. The molecule has 0 radical (unpaired) electrons. The van der Waals surface area contributed by atoms with Gasteiger partial charge in [-0.15, -0.1) is 0 Å². The number of rotatable bonds is 4. The van der Waals surface area contributed by atoms with E-state index in [4.69, 9.17) is 12.2 Å². The lowest BCUT2D eigenvalue weighted by Crippen LogP contribution is -2.34. The number of aromatic nitrogens is 1. The van der Waals surface area contributed by atoms with Gasteiger partial charge in [-0.2, -0.15) is 0 Å². The quantitative estimate of drug-likeness (QED) is 0.809. The Labute approximate surface area is 155 Å². The summed E-state index contributed by atoms with van der Waals surface area (Å²) in [5.41, 5.74) is 3.69. The number of thiocarbonyl (C=S) groups is 1. The van der Waals surface area contributed by atoms with Crippen molar-refractivity contribution in [3.63, 3.8) is 0 Å². The van der Waals surface area contributed by atoms with Crippen molar-refractivity contribution in [2.45, 2.75) is 33.2 Å². The van der Waals surface area contributed by atoms with Gasteiger partial charge in [-0.25, -0.2) is 4.98 Å². The predicted molar refractivity (Wildman–Crippen MR) is 109 cm³/mol. The summed E-state index contributed by atoms with van der Waals surface area (Å²) in [7, 11) is 0. The highest BCUT2D eigenvalue weighted by Crippen LogP contribution is 2.23. The number of nitrogens with zero attached hydrogens (tertiary/aromatic N) is 2. The highest BCUT2D eigenvalue weighted by atomic mass is 32.1. The lowest BCUT2D eigenvalue weighted by molar-refractivity contribution is 0.447. The summed E-state index contributed by atoms with van der Waals surface area (Å²) in [6, 6.07) is 12.7. The first-order chi connectivity index (χ1) is 12.1. The summed E-state index contributed by atoms with van der Waals surface area (Å²) < 4.78 is 0. The highest BCUT2D eigenvalue weighted by Gasteiger charge is 2.16. The average molecular weight is 355 g/mol. The number of aryl methyl sites for hydroxylation is 1. The molecular weight excluding hydrogens is 328 g/mol. The maximum absolute atomic E-state index is 5.35. The molecule has 0 bridgehead atoms. The van der Waals surface area contributed by atoms with E-state index in [0.717, 1.165) is 23.8 Å². The predicted octanol–water partition coefficient (Wildman–Crippen LogP) is 4.11. The van der Waals surface area contributed by atoms with Crippen molar-refractivity contribution in [3.05, 3.63) is 53.7 Å². The molecule has 0 saturated carbocycles. The van der Waals surface area contributed by atoms with Crippen LogP contribution in [-0.4, -0.2) is 23.2 Å². The molecule has 0 aliphatic carbocycles. The fraction of sp³-hybridized carbons (Fsp3) is 0.400. The van der Waals surface area contributed by atoms with E-state index in [9.17, 15) is 0 Å². The molecule has 2 N–H and O–H groups in total. The monoisotopic (exact) mass is 354 g/mol. The number of nitrogens with one attached hydrogen (secondary N) is 2. The van der Waals surface area contributed by atoms with Gasteiger partial charge in [0.15, 0.2) is 5.11 Å². The number of hydrogen-bond donors (Lipinski definition) is 2. The molecular formula is C20H26N4S. The molecule has 3 rings (SSSR count). The molecule has 1 aliphatic heterocycles. The first-order valence-corrected chi connectivity index (χ1v) is 9.32. The number of anilines is 2. The van der Waals surface area contributed by atoms with Crippen molar-refractivity contribution in [2.75, 3.05) is 23.3 Å². The Morgan fingerprint density at radius 1 is 1.28 bits per heavy atom. The molecule has 25 heavy (non-hydrogen) atoms. The zero-order valence-electron chi connectivity index (χ0n) is 15.0. The maximum Gasteiger partial charge on any atom is 0.172 e. The fourth-order valence-electron chi connectivity index (χ4n) is 3.20. The second kappa shape index (κ2) is 8.30. The van der Waals surface area contributed by atoms with Crippen LogP contribution in [0, 0.1) is 12.8 Å². The molecule has 1 fully saturated rings. The minimum Gasteiger partial charge on any atom is -0.371 e. The van der Waals surface area contributed by atoms with Gasteiger partial charge in [0.1, 0.15) is 5.82 Å². The largest absolute Gasteiger partial charge is 0.371 e. The van der Waals surface area contributed by atoms with Gasteiger partial charge in [0, 0.05) is 31.5 Å². The van der Waals surface area contributed by atoms with Gasteiger partial charge in [-0.1, -0.05) is 19.1 Å². The van der Waals surface area contributed by atoms with Crippen molar-refractivity contribution in [1.29, 1.82) is 0 Å². The Morgan fingerprint density at radius 3 is 2.80 bits per heavy atom. The average Bonchev–Trinajstić information content (AvgIpc) is 2.60. The molecule has 1 saturated heterocycles. The van der Waals surface area contributed by atoms with E-state index < -0.39 is 0 Å². The molecule has 5 heteroatoms. The van der Waals surface area contributed by atoms with Crippen molar-refractivity contribution in [2.24, 2.45) is 5.92 Å². The van der Waals surface area contributed by atoms with Crippen LogP contribution in [0.3, 0.4) is 0 Å². The Kier molecular flexibility index (Phi) is 5.87. The van der Waals surface area contributed by atoms with E-state index in [1.807, 2.05) is 19.1 Å². The van der Waals surface area contributed by atoms with Crippen LogP contribution in [0.2, 0.25) is 0 Å². The Hall–Kier alpha value is -2.14. The van der Waals surface area contributed by atoms with Gasteiger partial charge in [0.05, 0.1) is 0 Å². The second-order valence-corrected chi connectivity index (χ2v) is 7.29. The fourth-order valence-corrected chi connectivity index (χ4v) is 3.37. The van der Waals surface area contributed by atoms with E-state index in [0.29, 0.717) is 11.7 Å². The van der Waals surface area contributed by atoms with Crippen molar-refractivity contribution < 1.29 is 0 Å². The summed E-state index contributed by atoms with van der Waals surface area (Å²) in [6.07, 6.45) is 4.41. The van der Waals surface area contributed by atoms with Crippen LogP contribution >= 0.6 is 12.2 Å². The lowest BCUT2D eigenvalue weighted by Gasteiger charge is -2.32. The van der Waals surface area contributed by atoms with Crippen LogP contribution in [0.4, 0.5) is 11.5 Å². The molecule has 0 unspecified atom stereocenters. The minimum absolute atomic E-state index is 0.590. The topological polar surface area (TPSA) is 40.2 Å². The first-order valence-electron chi connectivity index (χ1n) is 8.91. The summed E-state index contributed by atoms with van der Waals surface area (Å²) in [6.45, 7) is 7.40. The van der Waals surface area contributed by atoms with Crippen LogP contribution in [0.1, 0.15) is 30.9 Å². The molecule has 4 nitrogen and oxygen atoms in total. The van der Waals surface area contributed by atoms with Gasteiger partial charge < -0.3 is 15.5 Å². The van der Waals surface area contributed by atoms with E-state index in [1.54, 1.807) is 6.20 Å². The van der Waals surface area contributed by atoms with Crippen LogP contribution in [0.5, 0.6) is 0 Å². The summed E-state index contributed by atoms with van der Waals surface area (Å²) in [5.74, 6) is 1.56. The molecule has 1 aromatic carbocycles. The number of hydrogen-bond acceptors (Lipinski definition) is 3. The molecule has 1 aromatic heterocycles. The van der Waals surface area contributed by atoms with Crippen LogP contribution in [-0.2, 0) is 6.54 Å². The van der Waals surface area contributed by atoms with Crippen LogP contribution in [0.15, 0.2) is 42.6 Å². The summed E-state index contributed by atoms with van der Waals surface area (Å²) in [5, 5.41) is 6.95. The number of pyridine rings is 1. The number of benzene rings is 1. The lowest BCUT2D eigenvalue weighted by atomic mass is 9.99. The maximum atomic E-state index is 5.35. The van der Waals surface area contributed by atoms with E-state index in [2.05, 4.69) is 51.7 Å². The molecule has 132 valence electrons. The molecule has 0 amide bonds. The third kappa shape index (κ3) is 5.16.